The van der Waals surface area contributed by atoms with Gasteiger partial charge in [0.25, 0.3) is 0 Å². The van der Waals surface area contributed by atoms with E-state index in [9.17, 15) is 4.79 Å². The zero-order valence-electron chi connectivity index (χ0n) is 12.7. The molecular formula is C19H15NO3. The quantitative estimate of drug-likeness (QED) is 0.643. The van der Waals surface area contributed by atoms with E-state index in [1.807, 2.05) is 30.3 Å². The van der Waals surface area contributed by atoms with Crippen LogP contribution in [0.1, 0.15) is 28.7 Å². The summed E-state index contributed by atoms with van der Waals surface area (Å²) in [6, 6.07) is 16.7. The smallest absolute Gasteiger partial charge is 0.334 e. The van der Waals surface area contributed by atoms with Crippen LogP contribution >= 0.6 is 0 Å². The van der Waals surface area contributed by atoms with Crippen molar-refractivity contribution in [2.24, 2.45) is 0 Å². The molecule has 1 aliphatic heterocycles. The molecule has 2 aromatic carbocycles. The zero-order valence-corrected chi connectivity index (χ0v) is 12.7. The SMILES string of the molecule is C=C1C(=O)O[C@H](c2ccccc2OC)[C@@H]1c1cccc(C#N)c1. The first-order chi connectivity index (χ1) is 11.2. The van der Waals surface area contributed by atoms with Gasteiger partial charge in [-0.3, -0.25) is 0 Å². The van der Waals surface area contributed by atoms with Crippen molar-refractivity contribution in [3.05, 3.63) is 77.4 Å². The number of benzene rings is 2. The van der Waals surface area contributed by atoms with Gasteiger partial charge in [-0.25, -0.2) is 4.79 Å². The Balaban J connectivity index is 2.10. The Labute approximate surface area is 134 Å². The number of ether oxygens (including phenoxy) is 2. The van der Waals surface area contributed by atoms with Crippen molar-refractivity contribution >= 4 is 5.97 Å². The molecule has 0 spiro atoms. The van der Waals surface area contributed by atoms with E-state index in [1.165, 1.54) is 0 Å². The first-order valence-corrected chi connectivity index (χ1v) is 7.18. The molecule has 3 rings (SSSR count). The fourth-order valence-electron chi connectivity index (χ4n) is 2.89. The van der Waals surface area contributed by atoms with Gasteiger partial charge in [0, 0.05) is 11.1 Å². The highest BCUT2D eigenvalue weighted by molar-refractivity contribution is 5.92. The average Bonchev–Trinajstić information content (AvgIpc) is 2.90. The van der Waals surface area contributed by atoms with Gasteiger partial charge < -0.3 is 9.47 Å². The lowest BCUT2D eigenvalue weighted by atomic mass is 9.85. The molecule has 1 aliphatic rings. The number of nitrogens with zero attached hydrogens (tertiary/aromatic N) is 1. The van der Waals surface area contributed by atoms with Crippen molar-refractivity contribution in [3.8, 4) is 11.8 Å². The van der Waals surface area contributed by atoms with Gasteiger partial charge in [-0.05, 0) is 23.8 Å². The van der Waals surface area contributed by atoms with E-state index in [0.29, 0.717) is 16.9 Å². The summed E-state index contributed by atoms with van der Waals surface area (Å²) in [6.07, 6.45) is -0.514. The van der Waals surface area contributed by atoms with Crippen molar-refractivity contribution in [2.75, 3.05) is 7.11 Å². The van der Waals surface area contributed by atoms with Crippen molar-refractivity contribution in [2.45, 2.75) is 12.0 Å². The van der Waals surface area contributed by atoms with E-state index in [-0.39, 0.29) is 5.92 Å². The normalized spacial score (nSPS) is 20.0. The maximum atomic E-state index is 12.1. The molecule has 0 aromatic heterocycles. The van der Waals surface area contributed by atoms with Crippen LogP contribution in [0.25, 0.3) is 0 Å². The Morgan fingerprint density at radius 3 is 2.74 bits per heavy atom. The molecule has 4 nitrogen and oxygen atoms in total. The van der Waals surface area contributed by atoms with Crippen LogP contribution in [0.2, 0.25) is 0 Å². The lowest BCUT2D eigenvalue weighted by Gasteiger charge is -2.20. The molecule has 2 aromatic rings. The van der Waals surface area contributed by atoms with E-state index in [4.69, 9.17) is 14.7 Å². The van der Waals surface area contributed by atoms with E-state index in [1.54, 1.807) is 25.3 Å². The number of hydrogen-bond acceptors (Lipinski definition) is 4. The Hall–Kier alpha value is -3.06. The first-order valence-electron chi connectivity index (χ1n) is 7.18. The molecule has 4 heteroatoms. The van der Waals surface area contributed by atoms with Gasteiger partial charge in [-0.2, -0.15) is 5.26 Å². The van der Waals surface area contributed by atoms with Gasteiger partial charge >= 0.3 is 5.97 Å². The summed E-state index contributed by atoms with van der Waals surface area (Å²) >= 11 is 0. The van der Waals surface area contributed by atoms with Gasteiger partial charge in [-0.1, -0.05) is 36.9 Å². The molecule has 0 unspecified atom stereocenters. The predicted molar refractivity (Wildman–Crippen MR) is 84.9 cm³/mol. The molecule has 0 radical (unpaired) electrons. The van der Waals surface area contributed by atoms with Gasteiger partial charge in [0.2, 0.25) is 0 Å². The monoisotopic (exact) mass is 305 g/mol. The maximum absolute atomic E-state index is 12.1. The average molecular weight is 305 g/mol. The number of para-hydroxylation sites is 1. The summed E-state index contributed by atoms with van der Waals surface area (Å²) in [5.74, 6) is -0.109. The summed E-state index contributed by atoms with van der Waals surface area (Å²) in [5.41, 5.74) is 2.54. The van der Waals surface area contributed by atoms with Crippen molar-refractivity contribution in [3.63, 3.8) is 0 Å². The lowest BCUT2D eigenvalue weighted by molar-refractivity contribution is -0.139. The number of nitriles is 1. The Morgan fingerprint density at radius 1 is 1.22 bits per heavy atom. The second-order valence-electron chi connectivity index (χ2n) is 5.31. The summed E-state index contributed by atoms with van der Waals surface area (Å²) in [6.45, 7) is 3.88. The van der Waals surface area contributed by atoms with Crippen molar-refractivity contribution in [1.82, 2.24) is 0 Å². The third-order valence-corrected chi connectivity index (χ3v) is 3.99. The summed E-state index contributed by atoms with van der Waals surface area (Å²) in [5, 5.41) is 9.10. The highest BCUT2D eigenvalue weighted by Gasteiger charge is 2.41. The zero-order chi connectivity index (χ0) is 16.4. The Kier molecular flexibility index (Phi) is 3.86. The second kappa shape index (κ2) is 5.98. The van der Waals surface area contributed by atoms with Crippen LogP contribution in [0.15, 0.2) is 60.7 Å². The lowest BCUT2D eigenvalue weighted by Crippen LogP contribution is -2.08. The van der Waals surface area contributed by atoms with Crippen LogP contribution in [0.3, 0.4) is 0 Å². The van der Waals surface area contributed by atoms with Crippen LogP contribution in [-0.2, 0) is 9.53 Å². The van der Waals surface area contributed by atoms with Crippen LogP contribution in [0, 0.1) is 11.3 Å². The fraction of sp³-hybridized carbons (Fsp3) is 0.158. The van der Waals surface area contributed by atoms with Gasteiger partial charge in [0.05, 0.1) is 24.7 Å². The largest absolute Gasteiger partial charge is 0.496 e. The van der Waals surface area contributed by atoms with E-state index >= 15 is 0 Å². The molecular weight excluding hydrogens is 290 g/mol. The van der Waals surface area contributed by atoms with Crippen LogP contribution in [-0.4, -0.2) is 13.1 Å². The Bertz CT molecular complexity index is 819. The number of methoxy groups -OCH3 is 1. The van der Waals surface area contributed by atoms with Crippen molar-refractivity contribution in [1.29, 1.82) is 5.26 Å². The molecule has 0 bridgehead atoms. The molecule has 1 heterocycles. The molecule has 0 aliphatic carbocycles. The summed E-state index contributed by atoms with van der Waals surface area (Å²) < 4.78 is 10.9. The summed E-state index contributed by atoms with van der Waals surface area (Å²) in [7, 11) is 1.58. The highest BCUT2D eigenvalue weighted by atomic mass is 16.6. The Morgan fingerprint density at radius 2 is 2.00 bits per heavy atom. The van der Waals surface area contributed by atoms with E-state index in [0.717, 1.165) is 11.1 Å². The molecule has 23 heavy (non-hydrogen) atoms. The molecule has 2 atom stereocenters. The molecule has 0 amide bonds. The van der Waals surface area contributed by atoms with Crippen molar-refractivity contribution < 1.29 is 14.3 Å². The topological polar surface area (TPSA) is 59.3 Å². The van der Waals surface area contributed by atoms with Crippen LogP contribution < -0.4 is 4.74 Å². The maximum Gasteiger partial charge on any atom is 0.334 e. The number of rotatable bonds is 3. The van der Waals surface area contributed by atoms with Gasteiger partial charge in [-0.15, -0.1) is 0 Å². The third kappa shape index (κ3) is 2.58. The number of cyclic esters (lactones) is 1. The fourth-order valence-corrected chi connectivity index (χ4v) is 2.89. The minimum Gasteiger partial charge on any atom is -0.496 e. The molecule has 1 saturated heterocycles. The van der Waals surface area contributed by atoms with Gasteiger partial charge in [0.15, 0.2) is 0 Å². The third-order valence-electron chi connectivity index (χ3n) is 3.99. The number of carbonyl (C=O) groups is 1. The van der Waals surface area contributed by atoms with Crippen LogP contribution in [0.4, 0.5) is 0 Å². The number of carbonyl (C=O) groups excluding carboxylic acids is 1. The minimum atomic E-state index is -0.514. The minimum absolute atomic E-state index is 0.341. The second-order valence-corrected chi connectivity index (χ2v) is 5.31. The van der Waals surface area contributed by atoms with E-state index in [2.05, 4.69) is 12.6 Å². The molecule has 1 fully saturated rings. The predicted octanol–water partition coefficient (Wildman–Crippen LogP) is 3.50. The molecule has 114 valence electrons. The molecule has 0 N–H and O–H groups in total. The molecule has 0 saturated carbocycles. The number of hydrogen-bond donors (Lipinski definition) is 0. The standard InChI is InChI=1S/C19H15NO3/c1-12-17(14-7-5-6-13(10-14)11-20)18(23-19(12)21)15-8-3-4-9-16(15)22-2/h3-10,17-18H,1H2,2H3/t17-,18+/m0/s1. The number of esters is 1. The highest BCUT2D eigenvalue weighted by Crippen LogP contribution is 2.47. The van der Waals surface area contributed by atoms with E-state index < -0.39 is 12.1 Å². The first kappa shape index (κ1) is 14.9. The van der Waals surface area contributed by atoms with Crippen LogP contribution in [0.5, 0.6) is 5.75 Å². The van der Waals surface area contributed by atoms with Gasteiger partial charge in [0.1, 0.15) is 11.9 Å². The summed E-state index contributed by atoms with van der Waals surface area (Å²) in [4.78, 5) is 12.1.